The predicted molar refractivity (Wildman–Crippen MR) is 93.0 cm³/mol. The van der Waals surface area contributed by atoms with Gasteiger partial charge in [-0.15, -0.1) is 0 Å². The summed E-state index contributed by atoms with van der Waals surface area (Å²) in [6.07, 6.45) is 6.57. The highest BCUT2D eigenvalue weighted by Gasteiger charge is 2.30. The normalized spacial score (nSPS) is 18.0. The number of nitrogens with zero attached hydrogens (tertiary/aromatic N) is 1. The molecule has 0 atom stereocenters. The average Bonchev–Trinajstić information content (AvgIpc) is 2.70. The van der Waals surface area contributed by atoms with Gasteiger partial charge in [-0.25, -0.2) is 8.42 Å². The van der Waals surface area contributed by atoms with Crippen LogP contribution >= 0.6 is 31.9 Å². The maximum absolute atomic E-state index is 12.9. The lowest BCUT2D eigenvalue weighted by atomic mass is 10.1. The summed E-state index contributed by atoms with van der Waals surface area (Å²) in [4.78, 5) is 0.340. The zero-order chi connectivity index (χ0) is 15.6. The summed E-state index contributed by atoms with van der Waals surface area (Å²) in [5.41, 5.74) is 1.01. The van der Waals surface area contributed by atoms with Crippen molar-refractivity contribution < 1.29 is 8.42 Å². The molecule has 0 spiro atoms. The van der Waals surface area contributed by atoms with Crippen LogP contribution in [0.1, 0.15) is 44.1 Å². The van der Waals surface area contributed by atoms with Gasteiger partial charge in [0, 0.05) is 22.0 Å². The number of hydrogen-bond donors (Lipinski definition) is 0. The van der Waals surface area contributed by atoms with Crippen LogP contribution in [0.15, 0.2) is 26.0 Å². The van der Waals surface area contributed by atoms with E-state index in [1.54, 1.807) is 17.4 Å². The summed E-state index contributed by atoms with van der Waals surface area (Å²) < 4.78 is 28.8. The molecular weight excluding hydrogens is 418 g/mol. The Morgan fingerprint density at radius 3 is 2.19 bits per heavy atom. The lowest BCUT2D eigenvalue weighted by Gasteiger charge is -2.27. The van der Waals surface area contributed by atoms with Gasteiger partial charge in [-0.1, -0.05) is 41.6 Å². The van der Waals surface area contributed by atoms with Crippen molar-refractivity contribution in [1.29, 1.82) is 0 Å². The number of rotatable bonds is 3. The lowest BCUT2D eigenvalue weighted by molar-refractivity contribution is 0.335. The Labute approximate surface area is 144 Å². The smallest absolute Gasteiger partial charge is 0.207 e. The Morgan fingerprint density at radius 2 is 1.62 bits per heavy atom. The van der Waals surface area contributed by atoms with Crippen molar-refractivity contribution in [2.45, 2.75) is 56.4 Å². The van der Waals surface area contributed by atoms with E-state index in [9.17, 15) is 8.42 Å². The zero-order valence-electron chi connectivity index (χ0n) is 12.4. The molecule has 1 aromatic carbocycles. The van der Waals surface area contributed by atoms with Gasteiger partial charge in [-0.2, -0.15) is 4.31 Å². The second-order valence-electron chi connectivity index (χ2n) is 5.70. The van der Waals surface area contributed by atoms with Crippen molar-refractivity contribution in [1.82, 2.24) is 4.31 Å². The molecule has 118 valence electrons. The minimum atomic E-state index is -3.47. The highest BCUT2D eigenvalue weighted by atomic mass is 79.9. The molecule has 0 amide bonds. The average molecular weight is 439 g/mol. The van der Waals surface area contributed by atoms with Crippen molar-refractivity contribution in [3.63, 3.8) is 0 Å². The third-order valence-corrected chi connectivity index (χ3v) is 7.93. The zero-order valence-corrected chi connectivity index (χ0v) is 16.4. The van der Waals surface area contributed by atoms with Crippen LogP contribution in [-0.2, 0) is 10.0 Å². The summed E-state index contributed by atoms with van der Waals surface area (Å²) in [7, 11) is -1.75. The molecule has 0 heterocycles. The first-order chi connectivity index (χ1) is 9.84. The van der Waals surface area contributed by atoms with Crippen LogP contribution in [0.5, 0.6) is 0 Å². The van der Waals surface area contributed by atoms with E-state index in [2.05, 4.69) is 31.9 Å². The number of hydrogen-bond acceptors (Lipinski definition) is 2. The Kier molecular flexibility index (Phi) is 5.91. The van der Waals surface area contributed by atoms with E-state index in [0.29, 0.717) is 9.37 Å². The van der Waals surface area contributed by atoms with E-state index in [-0.39, 0.29) is 6.04 Å². The van der Waals surface area contributed by atoms with Crippen LogP contribution in [0.3, 0.4) is 0 Å². The van der Waals surface area contributed by atoms with Gasteiger partial charge in [-0.3, -0.25) is 0 Å². The van der Waals surface area contributed by atoms with Gasteiger partial charge in [-0.05, 0) is 53.4 Å². The van der Waals surface area contributed by atoms with Gasteiger partial charge in [0.2, 0.25) is 10.0 Å². The maximum Gasteiger partial charge on any atom is 0.244 e. The molecule has 6 heteroatoms. The standard InChI is InChI=1S/C15H21Br2NO2S/c1-11-9-14(17)15(10-13(11)16)21(19,20)18(2)12-7-5-3-4-6-8-12/h9-10,12H,3-8H2,1-2H3. The number of halogens is 2. The third kappa shape index (κ3) is 3.89. The van der Waals surface area contributed by atoms with Gasteiger partial charge >= 0.3 is 0 Å². The molecule has 2 rings (SSSR count). The largest absolute Gasteiger partial charge is 0.244 e. The fourth-order valence-corrected chi connectivity index (χ4v) is 5.85. The molecule has 21 heavy (non-hydrogen) atoms. The number of benzene rings is 1. The summed E-state index contributed by atoms with van der Waals surface area (Å²) in [5.74, 6) is 0. The second-order valence-corrected chi connectivity index (χ2v) is 9.37. The maximum atomic E-state index is 12.9. The first kappa shape index (κ1) is 17.4. The van der Waals surface area contributed by atoms with Crippen LogP contribution in [0, 0.1) is 6.92 Å². The van der Waals surface area contributed by atoms with Gasteiger partial charge < -0.3 is 0 Å². The molecule has 3 nitrogen and oxygen atoms in total. The molecule has 1 aliphatic carbocycles. The molecule has 0 aliphatic heterocycles. The summed E-state index contributed by atoms with van der Waals surface area (Å²) >= 11 is 6.82. The predicted octanol–water partition coefficient (Wildman–Crippen LogP) is 4.86. The second kappa shape index (κ2) is 7.11. The van der Waals surface area contributed by atoms with Crippen molar-refractivity contribution in [2.75, 3.05) is 7.05 Å². The van der Waals surface area contributed by atoms with Gasteiger partial charge in [0.25, 0.3) is 0 Å². The third-order valence-electron chi connectivity index (χ3n) is 4.21. The van der Waals surface area contributed by atoms with Crippen molar-refractivity contribution in [2.24, 2.45) is 0 Å². The topological polar surface area (TPSA) is 37.4 Å². The molecule has 0 aromatic heterocycles. The quantitative estimate of drug-likeness (QED) is 0.631. The van der Waals surface area contributed by atoms with Gasteiger partial charge in [0.15, 0.2) is 0 Å². The van der Waals surface area contributed by atoms with E-state index in [0.717, 1.165) is 35.7 Å². The minimum absolute atomic E-state index is 0.115. The molecule has 0 unspecified atom stereocenters. The summed E-state index contributed by atoms with van der Waals surface area (Å²) in [6, 6.07) is 3.66. The van der Waals surface area contributed by atoms with Crippen LogP contribution in [0.25, 0.3) is 0 Å². The Morgan fingerprint density at radius 1 is 1.05 bits per heavy atom. The van der Waals surface area contributed by atoms with Crippen LogP contribution in [0.4, 0.5) is 0 Å². The minimum Gasteiger partial charge on any atom is -0.207 e. The molecule has 1 aromatic rings. The van der Waals surface area contributed by atoms with Crippen LogP contribution < -0.4 is 0 Å². The summed E-state index contributed by atoms with van der Waals surface area (Å²) in [5, 5.41) is 0. The number of sulfonamides is 1. The SMILES string of the molecule is Cc1cc(Br)c(S(=O)(=O)N(C)C2CCCCCC2)cc1Br. The Hall–Kier alpha value is 0.0900. The van der Waals surface area contributed by atoms with Crippen molar-refractivity contribution in [3.8, 4) is 0 Å². The fourth-order valence-electron chi connectivity index (χ4n) is 2.80. The number of aryl methyl sites for hydroxylation is 1. The molecule has 1 aliphatic rings. The van der Waals surface area contributed by atoms with Gasteiger partial charge in [0.05, 0.1) is 4.90 Å². The molecule has 0 saturated heterocycles. The van der Waals surface area contributed by atoms with Crippen molar-refractivity contribution >= 4 is 41.9 Å². The monoisotopic (exact) mass is 437 g/mol. The Balaban J connectivity index is 2.34. The molecular formula is C15H21Br2NO2S. The molecule has 0 bridgehead atoms. The first-order valence-electron chi connectivity index (χ1n) is 7.27. The lowest BCUT2D eigenvalue weighted by Crippen LogP contribution is -2.36. The molecule has 1 fully saturated rings. The molecule has 0 radical (unpaired) electrons. The van der Waals surface area contributed by atoms with E-state index in [1.807, 2.05) is 13.0 Å². The van der Waals surface area contributed by atoms with Gasteiger partial charge in [0.1, 0.15) is 0 Å². The highest BCUT2D eigenvalue weighted by Crippen LogP contribution is 2.32. The fraction of sp³-hybridized carbons (Fsp3) is 0.600. The Bertz CT molecular complexity index is 608. The summed E-state index contributed by atoms with van der Waals surface area (Å²) in [6.45, 7) is 1.94. The molecule has 0 N–H and O–H groups in total. The van der Waals surface area contributed by atoms with E-state index in [1.165, 1.54) is 12.8 Å². The van der Waals surface area contributed by atoms with Crippen LogP contribution in [-0.4, -0.2) is 25.8 Å². The van der Waals surface area contributed by atoms with E-state index < -0.39 is 10.0 Å². The van der Waals surface area contributed by atoms with E-state index >= 15 is 0 Å². The highest BCUT2D eigenvalue weighted by molar-refractivity contribution is 9.11. The van der Waals surface area contributed by atoms with E-state index in [4.69, 9.17) is 0 Å². The van der Waals surface area contributed by atoms with Crippen molar-refractivity contribution in [3.05, 3.63) is 26.6 Å². The van der Waals surface area contributed by atoms with Crippen LogP contribution in [0.2, 0.25) is 0 Å². The first-order valence-corrected chi connectivity index (χ1v) is 10.3. The molecule has 1 saturated carbocycles.